The van der Waals surface area contributed by atoms with Crippen LogP contribution in [0.25, 0.3) is 0 Å². The van der Waals surface area contributed by atoms with Gasteiger partial charge in [0.1, 0.15) is 6.10 Å². The SMILES string of the molecule is CNC1CCC(C)CC1Oc1ccc(C)cc1OC. The lowest BCUT2D eigenvalue weighted by Gasteiger charge is -2.35. The van der Waals surface area contributed by atoms with Gasteiger partial charge in [-0.1, -0.05) is 13.0 Å². The molecule has 0 aliphatic heterocycles. The Labute approximate surface area is 116 Å². The molecule has 1 aromatic rings. The van der Waals surface area contributed by atoms with Gasteiger partial charge in [-0.15, -0.1) is 0 Å². The minimum Gasteiger partial charge on any atom is -0.493 e. The number of aryl methyl sites for hydroxylation is 1. The molecule has 0 heterocycles. The Balaban J connectivity index is 2.14. The molecule has 1 saturated carbocycles. The quantitative estimate of drug-likeness (QED) is 0.905. The first kappa shape index (κ1) is 14.2. The van der Waals surface area contributed by atoms with Crippen LogP contribution in [0.15, 0.2) is 18.2 Å². The number of rotatable bonds is 4. The smallest absolute Gasteiger partial charge is 0.161 e. The Bertz CT molecular complexity index is 419. The minimum absolute atomic E-state index is 0.227. The predicted octanol–water partition coefficient (Wildman–Crippen LogP) is 3.16. The monoisotopic (exact) mass is 263 g/mol. The number of likely N-dealkylation sites (N-methyl/N-ethyl adjacent to an activating group) is 1. The topological polar surface area (TPSA) is 30.5 Å². The average molecular weight is 263 g/mol. The number of ether oxygens (including phenoxy) is 2. The Morgan fingerprint density at radius 3 is 2.68 bits per heavy atom. The fourth-order valence-corrected chi connectivity index (χ4v) is 2.82. The van der Waals surface area contributed by atoms with Gasteiger partial charge in [-0.25, -0.2) is 0 Å². The molecule has 1 aliphatic carbocycles. The van der Waals surface area contributed by atoms with Crippen LogP contribution in [0, 0.1) is 12.8 Å². The molecule has 3 heteroatoms. The lowest BCUT2D eigenvalue weighted by molar-refractivity contribution is 0.0914. The maximum atomic E-state index is 6.22. The van der Waals surface area contributed by atoms with Crippen LogP contribution >= 0.6 is 0 Å². The second-order valence-electron chi connectivity index (χ2n) is 5.62. The molecule has 3 nitrogen and oxygen atoms in total. The first-order chi connectivity index (χ1) is 9.13. The highest BCUT2D eigenvalue weighted by Crippen LogP contribution is 2.33. The van der Waals surface area contributed by atoms with E-state index in [1.165, 1.54) is 18.4 Å². The maximum Gasteiger partial charge on any atom is 0.161 e. The van der Waals surface area contributed by atoms with Gasteiger partial charge < -0.3 is 14.8 Å². The standard InChI is InChI=1S/C16H25NO2/c1-11-5-7-13(17-3)15(9-11)19-14-8-6-12(2)10-16(14)18-4/h6,8,10-11,13,15,17H,5,7,9H2,1-4H3. The summed E-state index contributed by atoms with van der Waals surface area (Å²) < 4.78 is 11.6. The molecule has 106 valence electrons. The summed E-state index contributed by atoms with van der Waals surface area (Å²) in [5.74, 6) is 2.41. The second-order valence-corrected chi connectivity index (χ2v) is 5.62. The van der Waals surface area contributed by atoms with Crippen LogP contribution in [0.4, 0.5) is 0 Å². The van der Waals surface area contributed by atoms with Crippen LogP contribution < -0.4 is 14.8 Å². The Morgan fingerprint density at radius 1 is 1.21 bits per heavy atom. The zero-order chi connectivity index (χ0) is 13.8. The van der Waals surface area contributed by atoms with Crippen molar-refractivity contribution in [2.24, 2.45) is 5.92 Å². The lowest BCUT2D eigenvalue weighted by Crippen LogP contribution is -2.45. The highest BCUT2D eigenvalue weighted by atomic mass is 16.5. The van der Waals surface area contributed by atoms with Crippen molar-refractivity contribution in [1.29, 1.82) is 0 Å². The second kappa shape index (κ2) is 6.29. The van der Waals surface area contributed by atoms with E-state index in [9.17, 15) is 0 Å². The molecule has 0 spiro atoms. The fourth-order valence-electron chi connectivity index (χ4n) is 2.82. The molecule has 2 rings (SSSR count). The summed E-state index contributed by atoms with van der Waals surface area (Å²) in [6, 6.07) is 6.54. The molecular weight excluding hydrogens is 238 g/mol. The van der Waals surface area contributed by atoms with E-state index in [0.29, 0.717) is 6.04 Å². The molecule has 0 saturated heterocycles. The van der Waals surface area contributed by atoms with Crippen molar-refractivity contribution >= 4 is 0 Å². The summed E-state index contributed by atoms with van der Waals surface area (Å²) in [4.78, 5) is 0. The molecular formula is C16H25NO2. The highest BCUT2D eigenvalue weighted by molar-refractivity contribution is 5.42. The number of benzene rings is 1. The van der Waals surface area contributed by atoms with Crippen LogP contribution in [0.2, 0.25) is 0 Å². The number of nitrogens with one attached hydrogen (secondary N) is 1. The molecule has 1 aromatic carbocycles. The molecule has 0 radical (unpaired) electrons. The van der Waals surface area contributed by atoms with Gasteiger partial charge in [0.15, 0.2) is 11.5 Å². The summed E-state index contributed by atoms with van der Waals surface area (Å²) in [5, 5.41) is 3.38. The molecule has 0 aromatic heterocycles. The summed E-state index contributed by atoms with van der Waals surface area (Å²) in [6.07, 6.45) is 3.78. The van der Waals surface area contributed by atoms with Gasteiger partial charge in [0.2, 0.25) is 0 Å². The third kappa shape index (κ3) is 3.41. The van der Waals surface area contributed by atoms with Gasteiger partial charge in [0.25, 0.3) is 0 Å². The van der Waals surface area contributed by atoms with Crippen molar-refractivity contribution in [3.8, 4) is 11.5 Å². The Morgan fingerprint density at radius 2 is 2.00 bits per heavy atom. The van der Waals surface area contributed by atoms with E-state index in [2.05, 4.69) is 25.2 Å². The fraction of sp³-hybridized carbons (Fsp3) is 0.625. The van der Waals surface area contributed by atoms with E-state index in [1.54, 1.807) is 7.11 Å². The van der Waals surface area contributed by atoms with Gasteiger partial charge in [-0.05, 0) is 56.8 Å². The Kier molecular flexibility index (Phi) is 4.70. The first-order valence-electron chi connectivity index (χ1n) is 7.12. The van der Waals surface area contributed by atoms with Crippen LogP contribution in [-0.4, -0.2) is 26.3 Å². The number of methoxy groups -OCH3 is 1. The van der Waals surface area contributed by atoms with Crippen molar-refractivity contribution in [2.75, 3.05) is 14.2 Å². The van der Waals surface area contributed by atoms with Crippen LogP contribution in [0.3, 0.4) is 0 Å². The third-order valence-corrected chi connectivity index (χ3v) is 4.02. The molecule has 19 heavy (non-hydrogen) atoms. The van der Waals surface area contributed by atoms with E-state index in [0.717, 1.165) is 23.8 Å². The summed E-state index contributed by atoms with van der Waals surface area (Å²) in [5.41, 5.74) is 1.19. The average Bonchev–Trinajstić information content (AvgIpc) is 2.41. The largest absolute Gasteiger partial charge is 0.493 e. The third-order valence-electron chi connectivity index (χ3n) is 4.02. The number of hydrogen-bond acceptors (Lipinski definition) is 3. The summed E-state index contributed by atoms with van der Waals surface area (Å²) >= 11 is 0. The summed E-state index contributed by atoms with van der Waals surface area (Å²) in [6.45, 7) is 4.36. The van der Waals surface area contributed by atoms with Crippen LogP contribution in [0.1, 0.15) is 31.7 Å². The molecule has 1 N–H and O–H groups in total. The zero-order valence-electron chi connectivity index (χ0n) is 12.4. The van der Waals surface area contributed by atoms with Crippen LogP contribution in [-0.2, 0) is 0 Å². The van der Waals surface area contributed by atoms with Crippen molar-refractivity contribution in [3.63, 3.8) is 0 Å². The van der Waals surface area contributed by atoms with Gasteiger partial charge in [-0.2, -0.15) is 0 Å². The predicted molar refractivity (Wildman–Crippen MR) is 78.0 cm³/mol. The molecule has 0 bridgehead atoms. The minimum atomic E-state index is 0.227. The van der Waals surface area contributed by atoms with E-state index in [4.69, 9.17) is 9.47 Å². The van der Waals surface area contributed by atoms with Gasteiger partial charge in [0.05, 0.1) is 7.11 Å². The molecule has 3 atom stereocenters. The number of hydrogen-bond donors (Lipinski definition) is 1. The lowest BCUT2D eigenvalue weighted by atomic mass is 9.85. The zero-order valence-corrected chi connectivity index (χ0v) is 12.4. The molecule has 0 amide bonds. The summed E-state index contributed by atoms with van der Waals surface area (Å²) in [7, 11) is 3.71. The Hall–Kier alpha value is -1.22. The van der Waals surface area contributed by atoms with E-state index >= 15 is 0 Å². The van der Waals surface area contributed by atoms with Gasteiger partial charge in [0, 0.05) is 6.04 Å². The maximum absolute atomic E-state index is 6.22. The van der Waals surface area contributed by atoms with Crippen molar-refractivity contribution in [3.05, 3.63) is 23.8 Å². The van der Waals surface area contributed by atoms with Crippen molar-refractivity contribution in [2.45, 2.75) is 45.3 Å². The van der Waals surface area contributed by atoms with Gasteiger partial charge >= 0.3 is 0 Å². The van der Waals surface area contributed by atoms with Crippen molar-refractivity contribution in [1.82, 2.24) is 5.32 Å². The molecule has 1 aliphatic rings. The van der Waals surface area contributed by atoms with E-state index in [-0.39, 0.29) is 6.10 Å². The molecule has 1 fully saturated rings. The first-order valence-corrected chi connectivity index (χ1v) is 7.12. The van der Waals surface area contributed by atoms with Crippen molar-refractivity contribution < 1.29 is 9.47 Å². The van der Waals surface area contributed by atoms with Crippen LogP contribution in [0.5, 0.6) is 11.5 Å². The van der Waals surface area contributed by atoms with Gasteiger partial charge in [-0.3, -0.25) is 0 Å². The van der Waals surface area contributed by atoms with E-state index < -0.39 is 0 Å². The van der Waals surface area contributed by atoms with E-state index in [1.807, 2.05) is 19.2 Å². The highest BCUT2D eigenvalue weighted by Gasteiger charge is 2.29. The molecule has 3 unspecified atom stereocenters. The normalized spacial score (nSPS) is 27.1.